The van der Waals surface area contributed by atoms with Gasteiger partial charge in [-0.2, -0.15) is 12.7 Å². The van der Waals surface area contributed by atoms with Crippen molar-refractivity contribution >= 4 is 16.1 Å². The van der Waals surface area contributed by atoms with E-state index in [0.717, 1.165) is 16.5 Å². The average molecular weight is 287 g/mol. The molecule has 8 heteroatoms. The van der Waals surface area contributed by atoms with E-state index in [9.17, 15) is 13.2 Å². The Bertz CT molecular complexity index is 558. The fourth-order valence-electron chi connectivity index (χ4n) is 1.98. The molecule has 1 saturated heterocycles. The highest BCUT2D eigenvalue weighted by Gasteiger charge is 2.28. The van der Waals surface area contributed by atoms with Crippen molar-refractivity contribution < 1.29 is 17.6 Å². The molecule has 1 amide bonds. The second-order valence-electron chi connectivity index (χ2n) is 4.36. The molecule has 2 heterocycles. The molecule has 7 nitrogen and oxygen atoms in total. The Morgan fingerprint density at radius 2 is 1.95 bits per heavy atom. The molecule has 2 rings (SSSR count). The lowest BCUT2D eigenvalue weighted by molar-refractivity contribution is 0.0664. The average Bonchev–Trinajstić information content (AvgIpc) is 2.86. The third-order valence-electron chi connectivity index (χ3n) is 3.11. The fraction of sp³-hybridized carbons (Fsp3) is 0.545. The summed E-state index contributed by atoms with van der Waals surface area (Å²) in [5, 5.41) is 5.04. The Hall–Kier alpha value is -1.38. The minimum atomic E-state index is -3.67. The van der Waals surface area contributed by atoms with E-state index < -0.39 is 10.2 Å². The maximum Gasteiger partial charge on any atom is 0.289 e. The van der Waals surface area contributed by atoms with E-state index in [1.165, 1.54) is 0 Å². The molecule has 0 radical (unpaired) electrons. The van der Waals surface area contributed by atoms with Crippen LogP contribution < -0.4 is 5.14 Å². The highest BCUT2D eigenvalue weighted by Crippen LogP contribution is 2.13. The topological polar surface area (TPSA) is 96.9 Å². The lowest BCUT2D eigenvalue weighted by Crippen LogP contribution is -2.52. The van der Waals surface area contributed by atoms with E-state index in [0.29, 0.717) is 18.8 Å². The number of furan rings is 1. The van der Waals surface area contributed by atoms with Gasteiger partial charge in [-0.05, 0) is 12.1 Å². The van der Waals surface area contributed by atoms with Crippen LogP contribution in [0.4, 0.5) is 0 Å². The van der Waals surface area contributed by atoms with Crippen LogP contribution in [0.15, 0.2) is 16.5 Å². The molecule has 106 valence electrons. The van der Waals surface area contributed by atoms with Crippen LogP contribution >= 0.6 is 0 Å². The molecule has 0 atom stereocenters. The van der Waals surface area contributed by atoms with Crippen molar-refractivity contribution in [3.05, 3.63) is 23.7 Å². The van der Waals surface area contributed by atoms with Gasteiger partial charge in [0.05, 0.1) is 0 Å². The molecule has 0 aromatic carbocycles. The fourth-order valence-corrected chi connectivity index (χ4v) is 2.66. The van der Waals surface area contributed by atoms with Gasteiger partial charge in [-0.15, -0.1) is 0 Å². The summed E-state index contributed by atoms with van der Waals surface area (Å²) in [6.45, 7) is 3.00. The second kappa shape index (κ2) is 5.32. The predicted molar refractivity (Wildman–Crippen MR) is 68.7 cm³/mol. The number of hydrogen-bond donors (Lipinski definition) is 1. The quantitative estimate of drug-likeness (QED) is 0.832. The highest BCUT2D eigenvalue weighted by molar-refractivity contribution is 7.86. The van der Waals surface area contributed by atoms with Gasteiger partial charge in [0, 0.05) is 32.6 Å². The van der Waals surface area contributed by atoms with Crippen LogP contribution in [0, 0.1) is 0 Å². The first-order valence-electron chi connectivity index (χ1n) is 6.07. The molecule has 1 aliphatic heterocycles. The zero-order chi connectivity index (χ0) is 14.0. The molecule has 1 fully saturated rings. The summed E-state index contributed by atoms with van der Waals surface area (Å²) in [7, 11) is -3.67. The number of rotatable bonds is 3. The normalized spacial score (nSPS) is 17.7. The first-order chi connectivity index (χ1) is 8.91. The molecule has 19 heavy (non-hydrogen) atoms. The van der Waals surface area contributed by atoms with Crippen molar-refractivity contribution in [3.8, 4) is 0 Å². The van der Waals surface area contributed by atoms with Gasteiger partial charge in [-0.1, -0.05) is 6.92 Å². The van der Waals surface area contributed by atoms with Crippen LogP contribution in [0.5, 0.6) is 0 Å². The molecule has 1 aromatic heterocycles. The van der Waals surface area contributed by atoms with E-state index in [1.807, 2.05) is 6.92 Å². The Balaban J connectivity index is 1.99. The zero-order valence-corrected chi connectivity index (χ0v) is 11.5. The van der Waals surface area contributed by atoms with Crippen LogP contribution in [0.3, 0.4) is 0 Å². The van der Waals surface area contributed by atoms with Crippen molar-refractivity contribution in [2.45, 2.75) is 13.3 Å². The van der Waals surface area contributed by atoms with Gasteiger partial charge in [-0.25, -0.2) is 5.14 Å². The minimum absolute atomic E-state index is 0.214. The van der Waals surface area contributed by atoms with Crippen LogP contribution in [-0.2, 0) is 16.6 Å². The third kappa shape index (κ3) is 3.14. The highest BCUT2D eigenvalue weighted by atomic mass is 32.2. The smallest absolute Gasteiger partial charge is 0.289 e. The lowest BCUT2D eigenvalue weighted by Gasteiger charge is -2.32. The van der Waals surface area contributed by atoms with Gasteiger partial charge >= 0.3 is 0 Å². The van der Waals surface area contributed by atoms with Crippen molar-refractivity contribution in [1.29, 1.82) is 0 Å². The summed E-state index contributed by atoms with van der Waals surface area (Å²) in [4.78, 5) is 13.7. The SMILES string of the molecule is CCc1ccc(C(=O)N2CCN(S(N)(=O)=O)CC2)o1. The maximum absolute atomic E-state index is 12.1. The number of nitrogens with two attached hydrogens (primary N) is 1. The van der Waals surface area contributed by atoms with Gasteiger partial charge in [-0.3, -0.25) is 4.79 Å². The summed E-state index contributed by atoms with van der Waals surface area (Å²) in [5.74, 6) is 0.834. The zero-order valence-electron chi connectivity index (χ0n) is 10.7. The van der Waals surface area contributed by atoms with E-state index in [1.54, 1.807) is 17.0 Å². The van der Waals surface area contributed by atoms with E-state index in [2.05, 4.69) is 0 Å². The van der Waals surface area contributed by atoms with Crippen LogP contribution in [0.25, 0.3) is 0 Å². The number of hydrogen-bond acceptors (Lipinski definition) is 4. The van der Waals surface area contributed by atoms with Crippen LogP contribution in [0.1, 0.15) is 23.2 Å². The molecule has 0 unspecified atom stereocenters. The van der Waals surface area contributed by atoms with Gasteiger partial charge in [0.2, 0.25) is 0 Å². The summed E-state index contributed by atoms with van der Waals surface area (Å²) in [5.41, 5.74) is 0. The van der Waals surface area contributed by atoms with E-state index in [4.69, 9.17) is 9.56 Å². The van der Waals surface area contributed by atoms with Crippen LogP contribution in [-0.4, -0.2) is 49.7 Å². The monoisotopic (exact) mass is 287 g/mol. The van der Waals surface area contributed by atoms with Crippen LogP contribution in [0.2, 0.25) is 0 Å². The Labute approximate surface area is 112 Å². The first kappa shape index (κ1) is 14.0. The number of nitrogens with zero attached hydrogens (tertiary/aromatic N) is 2. The maximum atomic E-state index is 12.1. The summed E-state index contributed by atoms with van der Waals surface area (Å²) >= 11 is 0. The Morgan fingerprint density at radius 3 is 2.42 bits per heavy atom. The summed E-state index contributed by atoms with van der Waals surface area (Å²) < 4.78 is 28.9. The van der Waals surface area contributed by atoms with Gasteiger partial charge < -0.3 is 9.32 Å². The number of carbonyl (C=O) groups is 1. The number of aryl methyl sites for hydroxylation is 1. The molecule has 0 aliphatic carbocycles. The first-order valence-corrected chi connectivity index (χ1v) is 7.58. The minimum Gasteiger partial charge on any atom is -0.456 e. The molecule has 0 bridgehead atoms. The van der Waals surface area contributed by atoms with Gasteiger partial charge in [0.25, 0.3) is 16.1 Å². The molecule has 1 aromatic rings. The van der Waals surface area contributed by atoms with Crippen molar-refractivity contribution in [3.63, 3.8) is 0 Å². The molecule has 2 N–H and O–H groups in total. The standard InChI is InChI=1S/C11H17N3O4S/c1-2-9-3-4-10(18-9)11(15)13-5-7-14(8-6-13)19(12,16)17/h3-4H,2,5-8H2,1H3,(H2,12,16,17). The molecule has 0 spiro atoms. The van der Waals surface area contributed by atoms with Gasteiger partial charge in [0.1, 0.15) is 5.76 Å². The van der Waals surface area contributed by atoms with Crippen molar-refractivity contribution in [1.82, 2.24) is 9.21 Å². The largest absolute Gasteiger partial charge is 0.456 e. The number of carbonyl (C=O) groups excluding carboxylic acids is 1. The molecular weight excluding hydrogens is 270 g/mol. The number of amides is 1. The summed E-state index contributed by atoms with van der Waals surface area (Å²) in [6.07, 6.45) is 0.729. The Kier molecular flexibility index (Phi) is 3.93. The summed E-state index contributed by atoms with van der Waals surface area (Å²) in [6, 6.07) is 3.42. The Morgan fingerprint density at radius 1 is 1.32 bits per heavy atom. The van der Waals surface area contributed by atoms with E-state index >= 15 is 0 Å². The van der Waals surface area contributed by atoms with Crippen molar-refractivity contribution in [2.75, 3.05) is 26.2 Å². The van der Waals surface area contributed by atoms with Crippen molar-refractivity contribution in [2.24, 2.45) is 5.14 Å². The number of piperazine rings is 1. The van der Waals surface area contributed by atoms with Gasteiger partial charge in [0.15, 0.2) is 5.76 Å². The van der Waals surface area contributed by atoms with E-state index in [-0.39, 0.29) is 19.0 Å². The second-order valence-corrected chi connectivity index (χ2v) is 5.90. The molecule has 1 aliphatic rings. The molecule has 0 saturated carbocycles. The third-order valence-corrected chi connectivity index (χ3v) is 4.19. The predicted octanol–water partition coefficient (Wildman–Crippen LogP) is -0.197. The molecular formula is C11H17N3O4S. The lowest BCUT2D eigenvalue weighted by atomic mass is 10.3.